The lowest BCUT2D eigenvalue weighted by atomic mass is 10.2. The molecule has 0 aliphatic heterocycles. The van der Waals surface area contributed by atoms with Crippen LogP contribution in [0.1, 0.15) is 10.6 Å². The number of ether oxygens (including phenoxy) is 1. The zero-order valence-corrected chi connectivity index (χ0v) is 12.9. The predicted octanol–water partition coefficient (Wildman–Crippen LogP) is 1.76. The van der Waals surface area contributed by atoms with Gasteiger partial charge in [0.15, 0.2) is 0 Å². The highest BCUT2D eigenvalue weighted by Gasteiger charge is 2.12. The van der Waals surface area contributed by atoms with Crippen LogP contribution < -0.4 is 20.7 Å². The van der Waals surface area contributed by atoms with E-state index in [1.807, 2.05) is 13.8 Å². The first kappa shape index (κ1) is 15.1. The second kappa shape index (κ2) is 6.01. The summed E-state index contributed by atoms with van der Waals surface area (Å²) in [7, 11) is 1.53. The standard InChI is InChI=1S/C14H17N3O3S/c1-8-9(2)21-14(19)17(8)7-13(18)16-10-4-5-12(20-3)11(15)6-10/h4-6H,7,15H2,1-3H3,(H,16,18). The average molecular weight is 307 g/mol. The minimum absolute atomic E-state index is 0.0130. The summed E-state index contributed by atoms with van der Waals surface area (Å²) in [4.78, 5) is 24.6. The fraction of sp³-hybridized carbons (Fsp3) is 0.286. The van der Waals surface area contributed by atoms with E-state index in [9.17, 15) is 9.59 Å². The van der Waals surface area contributed by atoms with Crippen LogP contribution in [0.2, 0.25) is 0 Å². The first-order chi connectivity index (χ1) is 9.92. The van der Waals surface area contributed by atoms with Crippen molar-refractivity contribution in [3.63, 3.8) is 0 Å². The Morgan fingerprint density at radius 1 is 1.43 bits per heavy atom. The van der Waals surface area contributed by atoms with Crippen LogP contribution in [0.4, 0.5) is 11.4 Å². The summed E-state index contributed by atoms with van der Waals surface area (Å²) in [5.74, 6) is 0.274. The van der Waals surface area contributed by atoms with Crippen LogP contribution in [-0.2, 0) is 11.3 Å². The summed E-state index contributed by atoms with van der Waals surface area (Å²) in [5, 5.41) is 2.72. The Kier molecular flexibility index (Phi) is 4.32. The number of amides is 1. The molecule has 0 fully saturated rings. The minimum Gasteiger partial charge on any atom is -0.495 e. The predicted molar refractivity (Wildman–Crippen MR) is 84.1 cm³/mol. The third-order valence-corrected chi connectivity index (χ3v) is 4.19. The maximum atomic E-state index is 12.0. The molecule has 21 heavy (non-hydrogen) atoms. The number of hydrogen-bond donors (Lipinski definition) is 2. The summed E-state index contributed by atoms with van der Waals surface area (Å²) in [6.45, 7) is 3.67. The van der Waals surface area contributed by atoms with Crippen molar-refractivity contribution in [2.75, 3.05) is 18.2 Å². The first-order valence-electron chi connectivity index (χ1n) is 6.32. The van der Waals surface area contributed by atoms with Crippen LogP contribution in [0.5, 0.6) is 5.75 Å². The number of rotatable bonds is 4. The topological polar surface area (TPSA) is 86.3 Å². The van der Waals surface area contributed by atoms with Crippen molar-refractivity contribution in [1.29, 1.82) is 0 Å². The molecule has 0 aliphatic rings. The van der Waals surface area contributed by atoms with Crippen LogP contribution >= 0.6 is 11.3 Å². The van der Waals surface area contributed by atoms with Crippen molar-refractivity contribution in [2.24, 2.45) is 0 Å². The number of aromatic nitrogens is 1. The number of thiazole rings is 1. The number of nitrogens with two attached hydrogens (primary N) is 1. The Labute approximate surface area is 126 Å². The highest BCUT2D eigenvalue weighted by Crippen LogP contribution is 2.24. The van der Waals surface area contributed by atoms with Gasteiger partial charge in [-0.25, -0.2) is 0 Å². The quantitative estimate of drug-likeness (QED) is 0.843. The molecular weight excluding hydrogens is 290 g/mol. The molecule has 0 spiro atoms. The average Bonchev–Trinajstić information content (AvgIpc) is 2.65. The summed E-state index contributed by atoms with van der Waals surface area (Å²) < 4.78 is 6.51. The zero-order valence-electron chi connectivity index (χ0n) is 12.1. The summed E-state index contributed by atoms with van der Waals surface area (Å²) in [5.41, 5.74) is 7.60. The van der Waals surface area contributed by atoms with Crippen molar-refractivity contribution in [2.45, 2.75) is 20.4 Å². The van der Waals surface area contributed by atoms with E-state index in [4.69, 9.17) is 10.5 Å². The van der Waals surface area contributed by atoms with Gasteiger partial charge in [0, 0.05) is 16.3 Å². The van der Waals surface area contributed by atoms with Gasteiger partial charge in [-0.05, 0) is 32.0 Å². The molecule has 3 N–H and O–H groups in total. The van der Waals surface area contributed by atoms with Gasteiger partial charge in [0.25, 0.3) is 0 Å². The Hall–Kier alpha value is -2.28. The van der Waals surface area contributed by atoms with Gasteiger partial charge < -0.3 is 15.8 Å². The molecule has 0 aliphatic carbocycles. The molecule has 112 valence electrons. The van der Waals surface area contributed by atoms with Gasteiger partial charge in [0.1, 0.15) is 12.3 Å². The molecule has 0 radical (unpaired) electrons. The van der Waals surface area contributed by atoms with E-state index in [0.717, 1.165) is 21.9 Å². The Morgan fingerprint density at radius 3 is 2.67 bits per heavy atom. The van der Waals surface area contributed by atoms with Crippen molar-refractivity contribution in [3.05, 3.63) is 38.4 Å². The SMILES string of the molecule is COc1ccc(NC(=O)Cn2c(C)c(C)sc2=O)cc1N. The molecule has 2 rings (SSSR count). The van der Waals surface area contributed by atoms with Crippen LogP contribution in [0.15, 0.2) is 23.0 Å². The molecule has 1 amide bonds. The third-order valence-electron chi connectivity index (χ3n) is 3.19. The molecule has 1 heterocycles. The molecule has 7 heteroatoms. The van der Waals surface area contributed by atoms with E-state index in [0.29, 0.717) is 17.1 Å². The van der Waals surface area contributed by atoms with E-state index in [-0.39, 0.29) is 17.3 Å². The van der Waals surface area contributed by atoms with Crippen molar-refractivity contribution in [3.8, 4) is 5.75 Å². The fourth-order valence-electron chi connectivity index (χ4n) is 1.93. The number of aryl methyl sites for hydroxylation is 1. The lowest BCUT2D eigenvalue weighted by molar-refractivity contribution is -0.116. The molecule has 0 unspecified atom stereocenters. The third kappa shape index (κ3) is 3.25. The Morgan fingerprint density at radius 2 is 2.14 bits per heavy atom. The minimum atomic E-state index is -0.275. The van der Waals surface area contributed by atoms with Gasteiger partial charge in [0.05, 0.1) is 12.8 Å². The van der Waals surface area contributed by atoms with E-state index in [1.165, 1.54) is 11.7 Å². The summed E-state index contributed by atoms with van der Waals surface area (Å²) in [6.07, 6.45) is 0. The normalized spacial score (nSPS) is 10.4. The molecule has 0 bridgehead atoms. The van der Waals surface area contributed by atoms with Crippen LogP contribution in [0.3, 0.4) is 0 Å². The molecular formula is C14H17N3O3S. The van der Waals surface area contributed by atoms with Gasteiger partial charge in [-0.3, -0.25) is 14.2 Å². The van der Waals surface area contributed by atoms with Crippen molar-refractivity contribution in [1.82, 2.24) is 4.57 Å². The maximum absolute atomic E-state index is 12.0. The number of methoxy groups -OCH3 is 1. The van der Waals surface area contributed by atoms with Gasteiger partial charge in [-0.2, -0.15) is 0 Å². The fourth-order valence-corrected chi connectivity index (χ4v) is 2.76. The summed E-state index contributed by atoms with van der Waals surface area (Å²) >= 11 is 1.14. The van der Waals surface area contributed by atoms with Crippen molar-refractivity contribution >= 4 is 28.6 Å². The van der Waals surface area contributed by atoms with Crippen LogP contribution in [-0.4, -0.2) is 17.6 Å². The lowest BCUT2D eigenvalue weighted by Crippen LogP contribution is -2.25. The molecule has 0 saturated heterocycles. The smallest absolute Gasteiger partial charge is 0.308 e. The number of benzene rings is 1. The summed E-state index contributed by atoms with van der Waals surface area (Å²) in [6, 6.07) is 4.99. The number of anilines is 2. The number of hydrogen-bond acceptors (Lipinski definition) is 5. The van der Waals surface area contributed by atoms with E-state index in [1.54, 1.807) is 18.2 Å². The van der Waals surface area contributed by atoms with E-state index >= 15 is 0 Å². The maximum Gasteiger partial charge on any atom is 0.308 e. The highest BCUT2D eigenvalue weighted by molar-refractivity contribution is 7.09. The number of carbonyl (C=O) groups is 1. The Bertz CT molecular complexity index is 734. The second-order valence-electron chi connectivity index (χ2n) is 4.60. The van der Waals surface area contributed by atoms with Crippen LogP contribution in [0.25, 0.3) is 0 Å². The number of nitrogen functional groups attached to an aromatic ring is 1. The van der Waals surface area contributed by atoms with Crippen LogP contribution in [0, 0.1) is 13.8 Å². The van der Waals surface area contributed by atoms with E-state index < -0.39 is 0 Å². The van der Waals surface area contributed by atoms with Gasteiger partial charge in [-0.1, -0.05) is 11.3 Å². The lowest BCUT2D eigenvalue weighted by Gasteiger charge is -2.09. The zero-order chi connectivity index (χ0) is 15.6. The molecule has 2 aromatic rings. The molecule has 1 aromatic heterocycles. The first-order valence-corrected chi connectivity index (χ1v) is 7.14. The Balaban J connectivity index is 2.12. The molecule has 6 nitrogen and oxygen atoms in total. The molecule has 1 aromatic carbocycles. The second-order valence-corrected chi connectivity index (χ2v) is 5.77. The van der Waals surface area contributed by atoms with Crippen molar-refractivity contribution < 1.29 is 9.53 Å². The van der Waals surface area contributed by atoms with Gasteiger partial charge in [-0.15, -0.1) is 0 Å². The van der Waals surface area contributed by atoms with E-state index in [2.05, 4.69) is 5.32 Å². The van der Waals surface area contributed by atoms with Gasteiger partial charge >= 0.3 is 4.87 Å². The number of carbonyl (C=O) groups excluding carboxylic acids is 1. The number of nitrogens with one attached hydrogen (secondary N) is 1. The molecule has 0 saturated carbocycles. The monoisotopic (exact) mass is 307 g/mol. The largest absolute Gasteiger partial charge is 0.495 e. The van der Waals surface area contributed by atoms with Gasteiger partial charge in [0.2, 0.25) is 5.91 Å². The molecule has 0 atom stereocenters. The highest BCUT2D eigenvalue weighted by atomic mass is 32.1. The number of nitrogens with zero attached hydrogens (tertiary/aromatic N) is 1.